The number of hydrogen-bond acceptors (Lipinski definition) is 1. The highest BCUT2D eigenvalue weighted by molar-refractivity contribution is 5.26. The maximum atomic E-state index is 3.83. The third-order valence-corrected chi connectivity index (χ3v) is 1.53. The predicted octanol–water partition coefficient (Wildman–Crippen LogP) is 2.67. The van der Waals surface area contributed by atoms with Crippen molar-refractivity contribution in [2.24, 2.45) is 0 Å². The summed E-state index contributed by atoms with van der Waals surface area (Å²) >= 11 is 0. The van der Waals surface area contributed by atoms with Crippen molar-refractivity contribution in [3.8, 4) is 0 Å². The van der Waals surface area contributed by atoms with E-state index in [1.165, 1.54) is 5.57 Å². The zero-order valence-electron chi connectivity index (χ0n) is 8.19. The van der Waals surface area contributed by atoms with Gasteiger partial charge in [0.25, 0.3) is 0 Å². The molecule has 0 aromatic heterocycles. The van der Waals surface area contributed by atoms with E-state index >= 15 is 0 Å². The highest BCUT2D eigenvalue weighted by atomic mass is 14.8. The lowest BCUT2D eigenvalue weighted by molar-refractivity contribution is 0.718. The van der Waals surface area contributed by atoms with E-state index in [2.05, 4.69) is 31.5 Å². The Morgan fingerprint density at radius 1 is 1.50 bits per heavy atom. The van der Waals surface area contributed by atoms with E-state index in [9.17, 15) is 0 Å². The monoisotopic (exact) mass is 165 g/mol. The lowest BCUT2D eigenvalue weighted by Gasteiger charge is -2.02. The molecule has 1 nitrogen and oxygen atoms in total. The Morgan fingerprint density at radius 3 is 2.58 bits per heavy atom. The molecule has 0 unspecified atom stereocenters. The topological polar surface area (TPSA) is 12.0 Å². The van der Waals surface area contributed by atoms with Crippen LogP contribution in [0.3, 0.4) is 0 Å². The van der Waals surface area contributed by atoms with E-state index in [0.717, 1.165) is 25.1 Å². The summed E-state index contributed by atoms with van der Waals surface area (Å²) in [6, 6.07) is 0. The lowest BCUT2D eigenvalue weighted by atomic mass is 10.1. The Kier molecular flexibility index (Phi) is 6.39. The molecule has 0 aliphatic rings. The van der Waals surface area contributed by atoms with E-state index < -0.39 is 0 Å². The number of rotatable bonds is 6. The van der Waals surface area contributed by atoms with Gasteiger partial charge in [-0.2, -0.15) is 0 Å². The maximum Gasteiger partial charge on any atom is -0.000847 e. The van der Waals surface area contributed by atoms with Crippen molar-refractivity contribution in [1.82, 2.24) is 5.32 Å². The highest BCUT2D eigenvalue weighted by Crippen LogP contribution is 2.04. The van der Waals surface area contributed by atoms with Crippen LogP contribution in [-0.2, 0) is 0 Å². The second-order valence-electron chi connectivity index (χ2n) is 2.87. The number of allylic oxidation sites excluding steroid dienone is 3. The molecule has 0 atom stereocenters. The van der Waals surface area contributed by atoms with Crippen molar-refractivity contribution in [3.05, 3.63) is 36.5 Å². The average molecular weight is 165 g/mol. The van der Waals surface area contributed by atoms with Crippen LogP contribution in [0.2, 0.25) is 0 Å². The van der Waals surface area contributed by atoms with Gasteiger partial charge in [-0.15, -0.1) is 0 Å². The summed E-state index contributed by atoms with van der Waals surface area (Å²) in [5.74, 6) is 0. The van der Waals surface area contributed by atoms with Crippen LogP contribution < -0.4 is 5.32 Å². The standard InChI is InChI=1S/C11H19N/c1-5-11(9-10(3)4)7-8-12-6-2/h5,9,12H,1,3,6-8H2,2,4H3/b11-9+. The zero-order chi connectivity index (χ0) is 9.40. The third kappa shape index (κ3) is 5.93. The van der Waals surface area contributed by atoms with Crippen LogP contribution in [0, 0.1) is 0 Å². The van der Waals surface area contributed by atoms with Crippen LogP contribution in [0.15, 0.2) is 36.5 Å². The summed E-state index contributed by atoms with van der Waals surface area (Å²) in [7, 11) is 0. The van der Waals surface area contributed by atoms with Gasteiger partial charge in [0.2, 0.25) is 0 Å². The van der Waals surface area contributed by atoms with Gasteiger partial charge in [0, 0.05) is 0 Å². The molecule has 68 valence electrons. The number of nitrogens with one attached hydrogen (secondary N) is 1. The molecular weight excluding hydrogens is 146 g/mol. The first-order chi connectivity index (χ1) is 5.70. The Morgan fingerprint density at radius 2 is 2.17 bits per heavy atom. The number of hydrogen-bond donors (Lipinski definition) is 1. The van der Waals surface area contributed by atoms with Gasteiger partial charge in [-0.05, 0) is 32.0 Å². The molecule has 0 heterocycles. The van der Waals surface area contributed by atoms with Gasteiger partial charge in [-0.3, -0.25) is 0 Å². The average Bonchev–Trinajstić information content (AvgIpc) is 2.02. The van der Waals surface area contributed by atoms with Crippen LogP contribution in [0.1, 0.15) is 20.3 Å². The van der Waals surface area contributed by atoms with Gasteiger partial charge in [-0.25, -0.2) is 0 Å². The van der Waals surface area contributed by atoms with Crippen LogP contribution in [-0.4, -0.2) is 13.1 Å². The molecule has 1 heteroatoms. The van der Waals surface area contributed by atoms with Gasteiger partial charge >= 0.3 is 0 Å². The molecule has 0 bridgehead atoms. The molecule has 0 spiro atoms. The smallest absolute Gasteiger partial charge is 0.000847 e. The normalized spacial score (nSPS) is 11.3. The van der Waals surface area contributed by atoms with Gasteiger partial charge in [0.1, 0.15) is 0 Å². The van der Waals surface area contributed by atoms with Crippen LogP contribution in [0.4, 0.5) is 0 Å². The molecule has 12 heavy (non-hydrogen) atoms. The molecule has 0 amide bonds. The summed E-state index contributed by atoms with van der Waals surface area (Å²) in [6.07, 6.45) is 5.00. The van der Waals surface area contributed by atoms with Crippen LogP contribution in [0.25, 0.3) is 0 Å². The van der Waals surface area contributed by atoms with Crippen molar-refractivity contribution in [2.75, 3.05) is 13.1 Å². The second kappa shape index (κ2) is 6.86. The van der Waals surface area contributed by atoms with Crippen LogP contribution >= 0.6 is 0 Å². The second-order valence-corrected chi connectivity index (χ2v) is 2.87. The SMILES string of the molecule is C=C/C(=C\C(=C)C)CCNCC. The molecule has 0 aromatic rings. The molecule has 0 aliphatic heterocycles. The quantitative estimate of drug-likeness (QED) is 0.471. The summed E-state index contributed by atoms with van der Waals surface area (Å²) in [4.78, 5) is 0. The van der Waals surface area contributed by atoms with E-state index in [1.54, 1.807) is 0 Å². The Balaban J connectivity index is 3.83. The molecule has 0 rings (SSSR count). The van der Waals surface area contributed by atoms with Crippen molar-refractivity contribution in [3.63, 3.8) is 0 Å². The Bertz CT molecular complexity index is 177. The molecule has 1 N–H and O–H groups in total. The highest BCUT2D eigenvalue weighted by Gasteiger charge is 1.90. The van der Waals surface area contributed by atoms with Crippen molar-refractivity contribution >= 4 is 0 Å². The van der Waals surface area contributed by atoms with Crippen molar-refractivity contribution in [2.45, 2.75) is 20.3 Å². The molecule has 0 radical (unpaired) electrons. The molecule has 0 saturated carbocycles. The van der Waals surface area contributed by atoms with E-state index in [0.29, 0.717) is 0 Å². The first-order valence-corrected chi connectivity index (χ1v) is 4.40. The van der Waals surface area contributed by atoms with Gasteiger partial charge in [0.15, 0.2) is 0 Å². The first kappa shape index (κ1) is 11.2. The maximum absolute atomic E-state index is 3.83. The fourth-order valence-corrected chi connectivity index (χ4v) is 0.959. The van der Waals surface area contributed by atoms with Crippen molar-refractivity contribution < 1.29 is 0 Å². The van der Waals surface area contributed by atoms with Crippen LogP contribution in [0.5, 0.6) is 0 Å². The molecule has 0 aliphatic carbocycles. The predicted molar refractivity (Wildman–Crippen MR) is 56.3 cm³/mol. The fourth-order valence-electron chi connectivity index (χ4n) is 0.959. The molecule has 0 aromatic carbocycles. The molecule has 0 saturated heterocycles. The minimum absolute atomic E-state index is 1.02. The largest absolute Gasteiger partial charge is 0.317 e. The summed E-state index contributed by atoms with van der Waals surface area (Å²) in [5, 5.41) is 3.27. The Labute approximate surface area is 75.9 Å². The molecular formula is C11H19N. The van der Waals surface area contributed by atoms with Gasteiger partial charge < -0.3 is 5.32 Å². The third-order valence-electron chi connectivity index (χ3n) is 1.53. The summed E-state index contributed by atoms with van der Waals surface area (Å²) < 4.78 is 0. The van der Waals surface area contributed by atoms with Crippen molar-refractivity contribution in [1.29, 1.82) is 0 Å². The lowest BCUT2D eigenvalue weighted by Crippen LogP contribution is -2.14. The fraction of sp³-hybridized carbons (Fsp3) is 0.455. The Hall–Kier alpha value is -0.820. The zero-order valence-corrected chi connectivity index (χ0v) is 8.19. The van der Waals surface area contributed by atoms with E-state index in [4.69, 9.17) is 0 Å². The first-order valence-electron chi connectivity index (χ1n) is 4.40. The molecule has 0 fully saturated rings. The summed E-state index contributed by atoms with van der Waals surface area (Å²) in [6.45, 7) is 13.7. The summed E-state index contributed by atoms with van der Waals surface area (Å²) in [5.41, 5.74) is 2.34. The van der Waals surface area contributed by atoms with Gasteiger partial charge in [0.05, 0.1) is 0 Å². The van der Waals surface area contributed by atoms with E-state index in [-0.39, 0.29) is 0 Å². The minimum Gasteiger partial charge on any atom is -0.317 e. The van der Waals surface area contributed by atoms with E-state index in [1.807, 2.05) is 13.0 Å². The van der Waals surface area contributed by atoms with Gasteiger partial charge in [-0.1, -0.05) is 37.8 Å². The minimum atomic E-state index is 1.02.